The van der Waals surface area contributed by atoms with Gasteiger partial charge in [0.05, 0.1) is 6.54 Å². The number of carbonyl (C=O) groups is 1. The zero-order chi connectivity index (χ0) is 18.1. The quantitative estimate of drug-likeness (QED) is 0.629. The molecule has 1 amide bonds. The van der Waals surface area contributed by atoms with E-state index in [9.17, 15) is 4.79 Å². The molecule has 2 rings (SSSR count). The summed E-state index contributed by atoms with van der Waals surface area (Å²) in [7, 11) is 3.66. The van der Waals surface area contributed by atoms with Gasteiger partial charge in [-0.2, -0.15) is 0 Å². The van der Waals surface area contributed by atoms with Gasteiger partial charge in [0, 0.05) is 32.7 Å². The van der Waals surface area contributed by atoms with Gasteiger partial charge in [-0.1, -0.05) is 42.5 Å². The summed E-state index contributed by atoms with van der Waals surface area (Å²) in [4.78, 5) is 18.4. The third-order valence-electron chi connectivity index (χ3n) is 3.81. The minimum absolute atomic E-state index is 0.0778. The molecule has 2 aromatic carbocycles. The van der Waals surface area contributed by atoms with Crippen LogP contribution in [0.15, 0.2) is 59.6 Å². The van der Waals surface area contributed by atoms with Crippen LogP contribution in [0.1, 0.15) is 28.4 Å². The number of carbonyl (C=O) groups excluding carboxylic acids is 1. The van der Waals surface area contributed by atoms with Crippen molar-refractivity contribution in [3.05, 3.63) is 71.3 Å². The molecule has 0 fully saturated rings. The lowest BCUT2D eigenvalue weighted by molar-refractivity contribution is 0.0963. The summed E-state index contributed by atoms with van der Waals surface area (Å²) in [6.45, 7) is 4.23. The molecule has 25 heavy (non-hydrogen) atoms. The predicted molar refractivity (Wildman–Crippen MR) is 103 cm³/mol. The minimum Gasteiger partial charge on any atom is -0.357 e. The summed E-state index contributed by atoms with van der Waals surface area (Å²) in [5.41, 5.74) is 2.96. The van der Waals surface area contributed by atoms with Crippen molar-refractivity contribution in [1.29, 1.82) is 0 Å². The van der Waals surface area contributed by atoms with Crippen molar-refractivity contribution >= 4 is 11.9 Å². The van der Waals surface area contributed by atoms with E-state index in [2.05, 4.69) is 34.6 Å². The molecule has 5 nitrogen and oxygen atoms in total. The summed E-state index contributed by atoms with van der Waals surface area (Å²) < 4.78 is 0. The number of amides is 1. The van der Waals surface area contributed by atoms with Crippen LogP contribution >= 0.6 is 0 Å². The fraction of sp³-hybridized carbons (Fsp3) is 0.300. The average Bonchev–Trinajstić information content (AvgIpc) is 2.65. The van der Waals surface area contributed by atoms with Crippen molar-refractivity contribution in [1.82, 2.24) is 15.5 Å². The van der Waals surface area contributed by atoms with E-state index in [4.69, 9.17) is 4.99 Å². The average molecular weight is 338 g/mol. The highest BCUT2D eigenvalue weighted by molar-refractivity contribution is 5.93. The third kappa shape index (κ3) is 5.64. The molecular formula is C20H26N4O. The third-order valence-corrected chi connectivity index (χ3v) is 3.81. The van der Waals surface area contributed by atoms with E-state index in [1.165, 1.54) is 5.56 Å². The summed E-state index contributed by atoms with van der Waals surface area (Å²) in [6.07, 6.45) is 0. The number of hydrogen-bond acceptors (Lipinski definition) is 2. The second-order valence-electron chi connectivity index (χ2n) is 5.79. The molecule has 0 radical (unpaired) electrons. The molecule has 0 aliphatic rings. The Labute approximate surface area is 149 Å². The number of rotatable bonds is 6. The first-order valence-corrected chi connectivity index (χ1v) is 8.48. The molecule has 132 valence electrons. The van der Waals surface area contributed by atoms with Gasteiger partial charge in [-0.25, -0.2) is 4.99 Å². The lowest BCUT2D eigenvalue weighted by Crippen LogP contribution is -2.38. The Balaban J connectivity index is 2.04. The van der Waals surface area contributed by atoms with Gasteiger partial charge in [-0.05, 0) is 30.2 Å². The van der Waals surface area contributed by atoms with Gasteiger partial charge in [0.25, 0.3) is 5.91 Å². The van der Waals surface area contributed by atoms with E-state index < -0.39 is 0 Å². The molecule has 0 aromatic heterocycles. The molecule has 2 N–H and O–H groups in total. The lowest BCUT2D eigenvalue weighted by atomic mass is 10.1. The Morgan fingerprint density at radius 2 is 1.72 bits per heavy atom. The van der Waals surface area contributed by atoms with E-state index in [0.717, 1.165) is 24.6 Å². The monoisotopic (exact) mass is 338 g/mol. The van der Waals surface area contributed by atoms with E-state index in [1.807, 2.05) is 49.5 Å². The van der Waals surface area contributed by atoms with Gasteiger partial charge in [-0.15, -0.1) is 0 Å². The summed E-state index contributed by atoms with van der Waals surface area (Å²) in [5, 5.41) is 5.95. The molecule has 0 saturated carbocycles. The lowest BCUT2D eigenvalue weighted by Gasteiger charge is -2.22. The summed E-state index contributed by atoms with van der Waals surface area (Å²) in [6, 6.07) is 17.8. The van der Waals surface area contributed by atoms with Crippen molar-refractivity contribution in [2.24, 2.45) is 4.99 Å². The standard InChI is InChI=1S/C20H26N4O/c1-4-22-20(24(3)15-17-8-6-5-7-9-17)23-14-16-10-12-18(13-11-16)19(25)21-2/h5-13H,4,14-15H2,1-3H3,(H,21,25)(H,22,23). The molecule has 0 heterocycles. The number of hydrogen-bond donors (Lipinski definition) is 2. The van der Waals surface area contributed by atoms with Gasteiger partial charge in [0.1, 0.15) is 0 Å². The topological polar surface area (TPSA) is 56.7 Å². The van der Waals surface area contributed by atoms with Gasteiger partial charge in [0.2, 0.25) is 0 Å². The fourth-order valence-corrected chi connectivity index (χ4v) is 2.47. The van der Waals surface area contributed by atoms with Crippen LogP contribution in [0.4, 0.5) is 0 Å². The largest absolute Gasteiger partial charge is 0.357 e. The highest BCUT2D eigenvalue weighted by Gasteiger charge is 2.07. The summed E-state index contributed by atoms with van der Waals surface area (Å²) in [5.74, 6) is 0.785. The maximum absolute atomic E-state index is 11.6. The molecule has 5 heteroatoms. The number of aliphatic imine (C=N–C) groups is 1. The highest BCUT2D eigenvalue weighted by atomic mass is 16.1. The van der Waals surface area contributed by atoms with Crippen LogP contribution in [-0.2, 0) is 13.1 Å². The van der Waals surface area contributed by atoms with E-state index in [-0.39, 0.29) is 5.91 Å². The Hall–Kier alpha value is -2.82. The molecule has 0 unspecified atom stereocenters. The zero-order valence-electron chi connectivity index (χ0n) is 15.1. The van der Waals surface area contributed by atoms with Crippen LogP contribution in [0.25, 0.3) is 0 Å². The molecule has 0 bridgehead atoms. The maximum atomic E-state index is 11.6. The molecule has 0 spiro atoms. The number of guanidine groups is 1. The predicted octanol–water partition coefficient (Wildman–Crippen LogP) is 2.64. The van der Waals surface area contributed by atoms with Crippen molar-refractivity contribution < 1.29 is 4.79 Å². The number of benzene rings is 2. The molecule has 2 aromatic rings. The minimum atomic E-state index is -0.0778. The van der Waals surface area contributed by atoms with E-state index >= 15 is 0 Å². The maximum Gasteiger partial charge on any atom is 0.251 e. The Bertz CT molecular complexity index is 695. The normalized spacial score (nSPS) is 11.1. The molecule has 0 saturated heterocycles. The molecule has 0 aliphatic heterocycles. The van der Waals surface area contributed by atoms with Crippen LogP contribution in [0, 0.1) is 0 Å². The van der Waals surface area contributed by atoms with Crippen molar-refractivity contribution in [3.8, 4) is 0 Å². The van der Waals surface area contributed by atoms with Crippen molar-refractivity contribution in [3.63, 3.8) is 0 Å². The fourth-order valence-electron chi connectivity index (χ4n) is 2.47. The second-order valence-corrected chi connectivity index (χ2v) is 5.79. The molecule has 0 aliphatic carbocycles. The smallest absolute Gasteiger partial charge is 0.251 e. The molecule has 0 atom stereocenters. The highest BCUT2D eigenvalue weighted by Crippen LogP contribution is 2.07. The van der Waals surface area contributed by atoms with Gasteiger partial charge < -0.3 is 15.5 Å². The van der Waals surface area contributed by atoms with Crippen LogP contribution < -0.4 is 10.6 Å². The SMILES string of the molecule is CCNC(=NCc1ccc(C(=O)NC)cc1)N(C)Cc1ccccc1. The van der Waals surface area contributed by atoms with Crippen LogP contribution in [0.5, 0.6) is 0 Å². The van der Waals surface area contributed by atoms with Crippen molar-refractivity contribution in [2.45, 2.75) is 20.0 Å². The van der Waals surface area contributed by atoms with E-state index in [1.54, 1.807) is 7.05 Å². The van der Waals surface area contributed by atoms with Crippen molar-refractivity contribution in [2.75, 3.05) is 20.6 Å². The van der Waals surface area contributed by atoms with Crippen LogP contribution in [0.3, 0.4) is 0 Å². The Kier molecular flexibility index (Phi) is 7.01. The van der Waals surface area contributed by atoms with Gasteiger partial charge >= 0.3 is 0 Å². The zero-order valence-corrected chi connectivity index (χ0v) is 15.1. The first kappa shape index (κ1) is 18.5. The van der Waals surface area contributed by atoms with Crippen LogP contribution in [0.2, 0.25) is 0 Å². The van der Waals surface area contributed by atoms with E-state index in [0.29, 0.717) is 12.1 Å². The number of nitrogens with zero attached hydrogens (tertiary/aromatic N) is 2. The number of nitrogens with one attached hydrogen (secondary N) is 2. The first-order chi connectivity index (χ1) is 12.1. The Morgan fingerprint density at radius 3 is 2.32 bits per heavy atom. The summed E-state index contributed by atoms with van der Waals surface area (Å²) >= 11 is 0. The van der Waals surface area contributed by atoms with Gasteiger partial charge in [0.15, 0.2) is 5.96 Å². The molecular weight excluding hydrogens is 312 g/mol. The Morgan fingerprint density at radius 1 is 1.04 bits per heavy atom. The van der Waals surface area contributed by atoms with Crippen LogP contribution in [-0.4, -0.2) is 37.4 Å². The second kappa shape index (κ2) is 9.47. The first-order valence-electron chi connectivity index (χ1n) is 8.48. The van der Waals surface area contributed by atoms with Gasteiger partial charge in [-0.3, -0.25) is 4.79 Å².